The number of halogens is 1. The predicted octanol–water partition coefficient (Wildman–Crippen LogP) is 1.13. The summed E-state index contributed by atoms with van der Waals surface area (Å²) in [5.74, 6) is 1.48. The van der Waals surface area contributed by atoms with Crippen LogP contribution in [-0.2, 0) is 11.3 Å². The number of piperazine rings is 1. The average molecular weight is 436 g/mol. The van der Waals surface area contributed by atoms with Crippen LogP contribution in [0, 0.1) is 5.82 Å². The Labute approximate surface area is 182 Å². The number of hydrogen-bond donors (Lipinski definition) is 2. The van der Waals surface area contributed by atoms with Gasteiger partial charge in [0.25, 0.3) is 0 Å². The van der Waals surface area contributed by atoms with E-state index in [2.05, 4.69) is 4.90 Å². The molecule has 31 heavy (non-hydrogen) atoms. The Hall–Kier alpha value is -2.55. The molecule has 1 atom stereocenters. The Morgan fingerprint density at radius 3 is 2.26 bits per heavy atom. The van der Waals surface area contributed by atoms with Crippen molar-refractivity contribution in [2.45, 2.75) is 12.7 Å². The minimum Gasteiger partial charge on any atom is -0.493 e. The first kappa shape index (κ1) is 23.1. The number of ether oxygens (including phenoxy) is 4. The summed E-state index contributed by atoms with van der Waals surface area (Å²) in [6.07, 6.45) is -0.572. The van der Waals surface area contributed by atoms with Crippen LogP contribution >= 0.6 is 0 Å². The molecule has 0 unspecified atom stereocenters. The third-order valence-corrected chi connectivity index (χ3v) is 5.49. The maximum Gasteiger partial charge on any atom is 0.203 e. The fourth-order valence-electron chi connectivity index (χ4n) is 3.90. The van der Waals surface area contributed by atoms with Crippen molar-refractivity contribution >= 4 is 5.69 Å². The second kappa shape index (κ2) is 11.2. The highest BCUT2D eigenvalue weighted by atomic mass is 19.1. The van der Waals surface area contributed by atoms with Crippen molar-refractivity contribution in [2.24, 2.45) is 0 Å². The Bertz CT molecular complexity index is 817. The largest absolute Gasteiger partial charge is 0.493 e. The maximum absolute atomic E-state index is 14.0. The first-order valence-corrected chi connectivity index (χ1v) is 10.4. The summed E-state index contributed by atoms with van der Waals surface area (Å²) >= 11 is 0. The van der Waals surface area contributed by atoms with Gasteiger partial charge in [0.1, 0.15) is 18.5 Å². The molecule has 8 heteroatoms. The van der Waals surface area contributed by atoms with E-state index in [-0.39, 0.29) is 12.4 Å². The number of para-hydroxylation sites is 1. The quantitative estimate of drug-likeness (QED) is 0.584. The highest BCUT2D eigenvalue weighted by Crippen LogP contribution is 2.38. The number of aliphatic hydroxyl groups is 1. The lowest BCUT2D eigenvalue weighted by Crippen LogP contribution is -3.16. The monoisotopic (exact) mass is 435 g/mol. The second-order valence-electron chi connectivity index (χ2n) is 7.60. The molecule has 0 radical (unpaired) electrons. The minimum atomic E-state index is -0.572. The first-order chi connectivity index (χ1) is 15.0. The van der Waals surface area contributed by atoms with E-state index in [0.29, 0.717) is 36.1 Å². The zero-order valence-electron chi connectivity index (χ0n) is 18.4. The summed E-state index contributed by atoms with van der Waals surface area (Å²) in [6.45, 7) is 4.36. The van der Waals surface area contributed by atoms with E-state index >= 15 is 0 Å². The van der Waals surface area contributed by atoms with Gasteiger partial charge in [0.15, 0.2) is 11.5 Å². The van der Waals surface area contributed by atoms with E-state index in [9.17, 15) is 9.50 Å². The van der Waals surface area contributed by atoms with Crippen molar-refractivity contribution in [3.63, 3.8) is 0 Å². The molecule has 170 valence electrons. The molecule has 0 saturated carbocycles. The maximum atomic E-state index is 14.0. The van der Waals surface area contributed by atoms with Crippen LogP contribution in [0.5, 0.6) is 17.2 Å². The van der Waals surface area contributed by atoms with Crippen molar-refractivity contribution in [3.05, 3.63) is 47.8 Å². The van der Waals surface area contributed by atoms with Crippen LogP contribution < -0.4 is 24.0 Å². The van der Waals surface area contributed by atoms with Crippen LogP contribution in [0.1, 0.15) is 5.56 Å². The van der Waals surface area contributed by atoms with Crippen LogP contribution in [-0.4, -0.2) is 71.9 Å². The van der Waals surface area contributed by atoms with Crippen molar-refractivity contribution < 1.29 is 33.3 Å². The molecule has 2 N–H and O–H groups in total. The van der Waals surface area contributed by atoms with Gasteiger partial charge in [-0.2, -0.15) is 0 Å². The molecule has 0 spiro atoms. The lowest BCUT2D eigenvalue weighted by molar-refractivity contribution is -0.903. The van der Waals surface area contributed by atoms with Gasteiger partial charge in [-0.3, -0.25) is 0 Å². The number of quaternary nitrogens is 1. The van der Waals surface area contributed by atoms with Gasteiger partial charge >= 0.3 is 0 Å². The second-order valence-corrected chi connectivity index (χ2v) is 7.60. The number of methoxy groups -OCH3 is 3. The molecule has 0 aromatic heterocycles. The van der Waals surface area contributed by atoms with E-state index < -0.39 is 6.10 Å². The number of nitrogens with zero attached hydrogens (tertiary/aromatic N) is 1. The Morgan fingerprint density at radius 2 is 1.68 bits per heavy atom. The molecular formula is C23H32FN2O5+. The van der Waals surface area contributed by atoms with Crippen LogP contribution in [0.3, 0.4) is 0 Å². The van der Waals surface area contributed by atoms with Crippen LogP contribution in [0.4, 0.5) is 10.1 Å². The predicted molar refractivity (Wildman–Crippen MR) is 116 cm³/mol. The molecule has 1 aliphatic rings. The summed E-state index contributed by atoms with van der Waals surface area (Å²) in [4.78, 5) is 3.35. The number of rotatable bonds is 10. The fraction of sp³-hybridized carbons (Fsp3) is 0.478. The molecule has 1 heterocycles. The molecule has 1 fully saturated rings. The molecule has 1 saturated heterocycles. The molecule has 1 aliphatic heterocycles. The van der Waals surface area contributed by atoms with E-state index in [4.69, 9.17) is 18.9 Å². The number of aliphatic hydroxyl groups excluding tert-OH is 1. The third-order valence-electron chi connectivity index (χ3n) is 5.49. The number of benzene rings is 2. The summed E-state index contributed by atoms with van der Waals surface area (Å²) < 4.78 is 35.7. The Kier molecular flexibility index (Phi) is 8.34. The topological polar surface area (TPSA) is 64.8 Å². The molecule has 0 amide bonds. The summed E-state index contributed by atoms with van der Waals surface area (Å²) in [7, 11) is 4.70. The molecule has 0 bridgehead atoms. The summed E-state index contributed by atoms with van der Waals surface area (Å²) in [5, 5.41) is 10.4. The van der Waals surface area contributed by atoms with Gasteiger partial charge < -0.3 is 33.9 Å². The molecule has 3 rings (SSSR count). The van der Waals surface area contributed by atoms with Gasteiger partial charge in [-0.1, -0.05) is 12.1 Å². The van der Waals surface area contributed by atoms with Crippen molar-refractivity contribution in [1.29, 1.82) is 0 Å². The van der Waals surface area contributed by atoms with Crippen molar-refractivity contribution in [1.82, 2.24) is 0 Å². The van der Waals surface area contributed by atoms with Crippen LogP contribution in [0.15, 0.2) is 36.4 Å². The van der Waals surface area contributed by atoms with Gasteiger partial charge in [-0.25, -0.2) is 4.39 Å². The Morgan fingerprint density at radius 1 is 1.03 bits per heavy atom. The van der Waals surface area contributed by atoms with E-state index in [0.717, 1.165) is 31.7 Å². The highest BCUT2D eigenvalue weighted by Gasteiger charge is 2.24. The molecule has 0 aliphatic carbocycles. The fourth-order valence-corrected chi connectivity index (χ4v) is 3.90. The standard InChI is InChI=1S/C23H31FN2O5/c1-28-21-12-17(13-22(29-2)23(21)30-3)15-31-16-18(27)14-25-8-10-26(11-9-25)20-7-5-4-6-19(20)24/h4-7,12-13,18,27H,8-11,14-16H2,1-3H3/p+1/t18-/m0/s1. The normalized spacial score (nSPS) is 15.6. The zero-order chi connectivity index (χ0) is 22.2. The number of anilines is 1. The van der Waals surface area contributed by atoms with Crippen molar-refractivity contribution in [3.8, 4) is 17.2 Å². The highest BCUT2D eigenvalue weighted by molar-refractivity contribution is 5.53. The number of hydrogen-bond acceptors (Lipinski definition) is 6. The molecular weight excluding hydrogens is 403 g/mol. The van der Waals surface area contributed by atoms with E-state index in [1.165, 1.54) is 11.0 Å². The summed E-state index contributed by atoms with van der Waals surface area (Å²) in [5.41, 5.74) is 1.52. The van der Waals surface area contributed by atoms with Gasteiger partial charge in [0, 0.05) is 0 Å². The van der Waals surface area contributed by atoms with Gasteiger partial charge in [-0.15, -0.1) is 0 Å². The summed E-state index contributed by atoms with van der Waals surface area (Å²) in [6, 6.07) is 10.5. The Balaban J connectivity index is 1.44. The van der Waals surface area contributed by atoms with Gasteiger partial charge in [-0.05, 0) is 29.8 Å². The van der Waals surface area contributed by atoms with Gasteiger partial charge in [0.05, 0.1) is 66.4 Å². The SMILES string of the molecule is COc1cc(COC[C@@H](O)C[NH+]2CCN(c3ccccc3F)CC2)cc(OC)c1OC. The minimum absolute atomic E-state index is 0.189. The zero-order valence-corrected chi connectivity index (χ0v) is 18.4. The molecule has 7 nitrogen and oxygen atoms in total. The van der Waals surface area contributed by atoms with Crippen LogP contribution in [0.25, 0.3) is 0 Å². The first-order valence-electron chi connectivity index (χ1n) is 10.4. The van der Waals surface area contributed by atoms with Gasteiger partial charge in [0.2, 0.25) is 5.75 Å². The lowest BCUT2D eigenvalue weighted by Gasteiger charge is -2.34. The van der Waals surface area contributed by atoms with E-state index in [1.807, 2.05) is 24.3 Å². The third kappa shape index (κ3) is 6.00. The molecule has 2 aromatic carbocycles. The average Bonchev–Trinajstić information content (AvgIpc) is 2.79. The molecule has 2 aromatic rings. The van der Waals surface area contributed by atoms with Crippen molar-refractivity contribution in [2.75, 3.05) is 65.6 Å². The number of nitrogens with one attached hydrogen (secondary N) is 1. The smallest absolute Gasteiger partial charge is 0.203 e. The van der Waals surface area contributed by atoms with Crippen LogP contribution in [0.2, 0.25) is 0 Å². The van der Waals surface area contributed by atoms with E-state index in [1.54, 1.807) is 27.4 Å². The lowest BCUT2D eigenvalue weighted by atomic mass is 10.2.